The minimum atomic E-state index is 0.283. The SMILES string of the molecule is CC(C)c1nsc(Oc2ccc(Cl)cc2N)n1. The first kappa shape index (κ1) is 12.1. The van der Waals surface area contributed by atoms with Crippen LogP contribution in [0, 0.1) is 0 Å². The topological polar surface area (TPSA) is 61.0 Å². The van der Waals surface area contributed by atoms with Gasteiger partial charge in [-0.25, -0.2) is 0 Å². The second-order valence-electron chi connectivity index (χ2n) is 3.86. The Morgan fingerprint density at radius 1 is 1.41 bits per heavy atom. The van der Waals surface area contributed by atoms with Gasteiger partial charge in [0.15, 0.2) is 5.75 Å². The molecule has 90 valence electrons. The fourth-order valence-electron chi connectivity index (χ4n) is 1.20. The standard InChI is InChI=1S/C11H12ClN3OS/c1-6(2)10-14-11(17-15-10)16-9-4-3-7(12)5-8(9)13/h3-6H,13H2,1-2H3. The number of nitrogens with two attached hydrogens (primary N) is 1. The summed E-state index contributed by atoms with van der Waals surface area (Å²) >= 11 is 7.02. The number of hydrogen-bond acceptors (Lipinski definition) is 5. The normalized spacial score (nSPS) is 10.8. The molecule has 2 aromatic rings. The maximum absolute atomic E-state index is 5.80. The van der Waals surface area contributed by atoms with Crippen molar-refractivity contribution in [2.75, 3.05) is 5.73 Å². The van der Waals surface area contributed by atoms with Gasteiger partial charge in [0.05, 0.1) is 5.69 Å². The third-order valence-electron chi connectivity index (χ3n) is 2.11. The van der Waals surface area contributed by atoms with Crippen molar-refractivity contribution in [1.82, 2.24) is 9.36 Å². The van der Waals surface area contributed by atoms with Crippen LogP contribution in [0.5, 0.6) is 10.9 Å². The summed E-state index contributed by atoms with van der Waals surface area (Å²) in [4.78, 5) is 4.27. The Balaban J connectivity index is 2.19. The molecule has 6 heteroatoms. The predicted octanol–water partition coefficient (Wildman–Crippen LogP) is 3.69. The monoisotopic (exact) mass is 269 g/mol. The average Bonchev–Trinajstić information content (AvgIpc) is 2.71. The summed E-state index contributed by atoms with van der Waals surface area (Å²) in [5.74, 6) is 1.60. The zero-order chi connectivity index (χ0) is 12.4. The van der Waals surface area contributed by atoms with Crippen LogP contribution in [0.4, 0.5) is 5.69 Å². The molecule has 0 spiro atoms. The highest BCUT2D eigenvalue weighted by Crippen LogP contribution is 2.31. The lowest BCUT2D eigenvalue weighted by Crippen LogP contribution is -1.93. The third kappa shape index (κ3) is 2.87. The van der Waals surface area contributed by atoms with Crippen LogP contribution in [0.3, 0.4) is 0 Å². The highest BCUT2D eigenvalue weighted by Gasteiger charge is 2.10. The summed E-state index contributed by atoms with van der Waals surface area (Å²) in [6.45, 7) is 4.06. The molecule has 2 N–H and O–H groups in total. The van der Waals surface area contributed by atoms with Crippen LogP contribution in [-0.2, 0) is 0 Å². The van der Waals surface area contributed by atoms with Crippen molar-refractivity contribution in [2.45, 2.75) is 19.8 Å². The lowest BCUT2D eigenvalue weighted by molar-refractivity contribution is 0.478. The van der Waals surface area contributed by atoms with Gasteiger partial charge in [-0.15, -0.1) is 0 Å². The van der Waals surface area contributed by atoms with Gasteiger partial charge < -0.3 is 10.5 Å². The first-order chi connectivity index (χ1) is 8.06. The van der Waals surface area contributed by atoms with E-state index < -0.39 is 0 Å². The van der Waals surface area contributed by atoms with Crippen molar-refractivity contribution in [2.24, 2.45) is 0 Å². The van der Waals surface area contributed by atoms with E-state index in [4.69, 9.17) is 22.1 Å². The number of anilines is 1. The molecule has 2 rings (SSSR count). The first-order valence-electron chi connectivity index (χ1n) is 5.12. The van der Waals surface area contributed by atoms with Crippen LogP contribution >= 0.6 is 23.1 Å². The van der Waals surface area contributed by atoms with Gasteiger partial charge in [-0.2, -0.15) is 9.36 Å². The molecule has 17 heavy (non-hydrogen) atoms. The van der Waals surface area contributed by atoms with Crippen molar-refractivity contribution in [3.8, 4) is 10.9 Å². The maximum atomic E-state index is 5.80. The highest BCUT2D eigenvalue weighted by atomic mass is 35.5. The number of ether oxygens (including phenoxy) is 1. The molecule has 1 heterocycles. The zero-order valence-electron chi connectivity index (χ0n) is 9.48. The molecule has 1 aromatic carbocycles. The fourth-order valence-corrected chi connectivity index (χ4v) is 2.07. The molecule has 0 amide bonds. The Morgan fingerprint density at radius 3 is 2.76 bits per heavy atom. The molecule has 1 aromatic heterocycles. The van der Waals surface area contributed by atoms with Crippen LogP contribution in [0.15, 0.2) is 18.2 Å². The van der Waals surface area contributed by atoms with Crippen LogP contribution < -0.4 is 10.5 Å². The van der Waals surface area contributed by atoms with Crippen LogP contribution in [0.1, 0.15) is 25.6 Å². The molecule has 0 atom stereocenters. The second kappa shape index (κ2) is 4.89. The van der Waals surface area contributed by atoms with E-state index in [1.54, 1.807) is 18.2 Å². The van der Waals surface area contributed by atoms with E-state index in [1.165, 1.54) is 11.5 Å². The van der Waals surface area contributed by atoms with Crippen molar-refractivity contribution in [3.63, 3.8) is 0 Å². The molecular formula is C11H12ClN3OS. The van der Waals surface area contributed by atoms with E-state index >= 15 is 0 Å². The van der Waals surface area contributed by atoms with Gasteiger partial charge in [-0.1, -0.05) is 25.4 Å². The fraction of sp³-hybridized carbons (Fsp3) is 0.273. The average molecular weight is 270 g/mol. The van der Waals surface area contributed by atoms with E-state index in [1.807, 2.05) is 13.8 Å². The lowest BCUT2D eigenvalue weighted by Gasteiger charge is -2.04. The molecule has 4 nitrogen and oxygen atoms in total. The van der Waals surface area contributed by atoms with E-state index in [-0.39, 0.29) is 5.92 Å². The van der Waals surface area contributed by atoms with Crippen LogP contribution in [0.25, 0.3) is 0 Å². The molecule has 0 aliphatic carbocycles. The molecule has 0 aliphatic rings. The number of rotatable bonds is 3. The van der Waals surface area contributed by atoms with Crippen molar-refractivity contribution < 1.29 is 4.74 Å². The summed E-state index contributed by atoms with van der Waals surface area (Å²) in [5.41, 5.74) is 6.27. The number of halogens is 1. The number of hydrogen-bond donors (Lipinski definition) is 1. The summed E-state index contributed by atoms with van der Waals surface area (Å²) < 4.78 is 9.75. The second-order valence-corrected chi connectivity index (χ2v) is 5.01. The van der Waals surface area contributed by atoms with Crippen molar-refractivity contribution in [3.05, 3.63) is 29.0 Å². The quantitative estimate of drug-likeness (QED) is 0.863. The number of nitrogens with zero attached hydrogens (tertiary/aromatic N) is 2. The molecule has 0 saturated carbocycles. The molecule has 0 aliphatic heterocycles. The van der Waals surface area contributed by atoms with Gasteiger partial charge in [0.2, 0.25) is 0 Å². The summed E-state index contributed by atoms with van der Waals surface area (Å²) in [5, 5.41) is 1.07. The Bertz CT molecular complexity index is 527. The molecule has 0 bridgehead atoms. The highest BCUT2D eigenvalue weighted by molar-refractivity contribution is 7.07. The summed E-state index contributed by atoms with van der Waals surface area (Å²) in [6.07, 6.45) is 0. The Labute approximate surface area is 109 Å². The van der Waals surface area contributed by atoms with E-state index in [0.29, 0.717) is 21.7 Å². The minimum absolute atomic E-state index is 0.283. The van der Waals surface area contributed by atoms with Crippen molar-refractivity contribution >= 4 is 28.8 Å². The Kier molecular flexibility index (Phi) is 3.49. The van der Waals surface area contributed by atoms with Gasteiger partial charge in [-0.05, 0) is 18.2 Å². The van der Waals surface area contributed by atoms with Crippen molar-refractivity contribution in [1.29, 1.82) is 0 Å². The maximum Gasteiger partial charge on any atom is 0.298 e. The lowest BCUT2D eigenvalue weighted by atomic mass is 10.2. The van der Waals surface area contributed by atoms with Gasteiger partial charge >= 0.3 is 0 Å². The van der Waals surface area contributed by atoms with Gasteiger partial charge in [-0.3, -0.25) is 0 Å². The minimum Gasteiger partial charge on any atom is -0.428 e. The number of nitrogen functional groups attached to an aromatic ring is 1. The third-order valence-corrected chi connectivity index (χ3v) is 2.95. The van der Waals surface area contributed by atoms with Gasteiger partial charge in [0.1, 0.15) is 5.82 Å². The van der Waals surface area contributed by atoms with E-state index in [9.17, 15) is 0 Å². The summed E-state index contributed by atoms with van der Waals surface area (Å²) in [6, 6.07) is 5.08. The largest absolute Gasteiger partial charge is 0.428 e. The smallest absolute Gasteiger partial charge is 0.298 e. The molecule has 0 fully saturated rings. The molecule has 0 saturated heterocycles. The Hall–Kier alpha value is -1.33. The predicted molar refractivity (Wildman–Crippen MR) is 69.9 cm³/mol. The van der Waals surface area contributed by atoms with Gasteiger partial charge in [0.25, 0.3) is 5.19 Å². The Morgan fingerprint density at radius 2 is 2.18 bits per heavy atom. The van der Waals surface area contributed by atoms with Gasteiger partial charge in [0, 0.05) is 22.5 Å². The number of aromatic nitrogens is 2. The molecule has 0 radical (unpaired) electrons. The van der Waals surface area contributed by atoms with E-state index in [2.05, 4.69) is 9.36 Å². The number of benzene rings is 1. The molecule has 0 unspecified atom stereocenters. The first-order valence-corrected chi connectivity index (χ1v) is 6.28. The van der Waals surface area contributed by atoms with Crippen LogP contribution in [0.2, 0.25) is 5.02 Å². The van der Waals surface area contributed by atoms with Crippen LogP contribution in [-0.4, -0.2) is 9.36 Å². The van der Waals surface area contributed by atoms with E-state index in [0.717, 1.165) is 5.82 Å². The zero-order valence-corrected chi connectivity index (χ0v) is 11.0. The summed E-state index contributed by atoms with van der Waals surface area (Å²) in [7, 11) is 0. The molecular weight excluding hydrogens is 258 g/mol.